The van der Waals surface area contributed by atoms with Gasteiger partial charge in [0.15, 0.2) is 0 Å². The van der Waals surface area contributed by atoms with Crippen LogP contribution in [0.15, 0.2) is 5.38 Å². The van der Waals surface area contributed by atoms with Gasteiger partial charge in [0.05, 0.1) is 17.2 Å². The van der Waals surface area contributed by atoms with Crippen molar-refractivity contribution in [2.45, 2.75) is 19.9 Å². The van der Waals surface area contributed by atoms with Gasteiger partial charge in [-0.1, -0.05) is 0 Å². The van der Waals surface area contributed by atoms with E-state index in [1.807, 2.05) is 12.3 Å². The van der Waals surface area contributed by atoms with Crippen molar-refractivity contribution in [2.24, 2.45) is 5.73 Å². The quantitative estimate of drug-likeness (QED) is 0.738. The lowest BCUT2D eigenvalue weighted by Crippen LogP contribution is -2.38. The number of nitrogens with two attached hydrogens (primary N) is 1. The van der Waals surface area contributed by atoms with E-state index in [0.29, 0.717) is 19.5 Å². The number of rotatable bonds is 7. The molecule has 0 radical (unpaired) electrons. The van der Waals surface area contributed by atoms with Gasteiger partial charge in [0.25, 0.3) is 10.2 Å². The smallest absolute Gasteiger partial charge is 0.279 e. The monoisotopic (exact) mass is 278 g/mol. The summed E-state index contributed by atoms with van der Waals surface area (Å²) < 4.78 is 27.3. The normalized spacial score (nSPS) is 12.2. The van der Waals surface area contributed by atoms with E-state index >= 15 is 0 Å². The van der Waals surface area contributed by atoms with Gasteiger partial charge in [0.2, 0.25) is 0 Å². The third-order valence-electron chi connectivity index (χ3n) is 2.19. The van der Waals surface area contributed by atoms with Gasteiger partial charge in [0.1, 0.15) is 0 Å². The Morgan fingerprint density at radius 1 is 1.59 bits per heavy atom. The molecule has 1 aromatic rings. The molecule has 0 spiro atoms. The average molecular weight is 278 g/mol. The maximum atomic E-state index is 11.8. The first-order valence-electron chi connectivity index (χ1n) is 5.27. The van der Waals surface area contributed by atoms with Crippen LogP contribution in [0.4, 0.5) is 0 Å². The van der Waals surface area contributed by atoms with Crippen LogP contribution in [-0.4, -0.2) is 37.8 Å². The molecule has 1 rings (SSSR count). The topological polar surface area (TPSA) is 88.3 Å². The molecule has 0 amide bonds. The fraction of sp³-hybridized carbons (Fsp3) is 0.667. The number of hydrogen-bond donors (Lipinski definition) is 2. The number of nitrogens with zero attached hydrogens (tertiary/aromatic N) is 2. The molecule has 0 fully saturated rings. The maximum Gasteiger partial charge on any atom is 0.279 e. The standard InChI is InChI=1S/C9H18N4O2S2/c1-8-12-9(7-16-8)6-11-17(14,15)13(2)5-3-4-10/h7,11H,3-6,10H2,1-2H3. The molecule has 17 heavy (non-hydrogen) atoms. The zero-order valence-electron chi connectivity index (χ0n) is 10.0. The van der Waals surface area contributed by atoms with Crippen molar-refractivity contribution in [1.29, 1.82) is 0 Å². The van der Waals surface area contributed by atoms with Crippen LogP contribution in [0.25, 0.3) is 0 Å². The zero-order chi connectivity index (χ0) is 12.9. The van der Waals surface area contributed by atoms with E-state index in [0.717, 1.165) is 10.7 Å². The Hall–Kier alpha value is -0.540. The summed E-state index contributed by atoms with van der Waals surface area (Å²) in [6.07, 6.45) is 0.646. The molecule has 0 aliphatic heterocycles. The molecule has 0 atom stereocenters. The van der Waals surface area contributed by atoms with Crippen LogP contribution < -0.4 is 10.5 Å². The Morgan fingerprint density at radius 3 is 2.82 bits per heavy atom. The number of aromatic nitrogens is 1. The Kier molecular flexibility index (Phi) is 5.47. The summed E-state index contributed by atoms with van der Waals surface area (Å²) in [6, 6.07) is 0. The van der Waals surface area contributed by atoms with E-state index in [9.17, 15) is 8.42 Å². The first-order valence-corrected chi connectivity index (χ1v) is 7.59. The molecule has 0 aliphatic rings. The summed E-state index contributed by atoms with van der Waals surface area (Å²) in [5.41, 5.74) is 6.08. The second-order valence-corrected chi connectivity index (χ2v) is 6.57. The average Bonchev–Trinajstić information content (AvgIpc) is 2.69. The van der Waals surface area contributed by atoms with E-state index in [-0.39, 0.29) is 6.54 Å². The first-order chi connectivity index (χ1) is 7.95. The Balaban J connectivity index is 2.49. The van der Waals surface area contributed by atoms with Crippen LogP contribution in [0.5, 0.6) is 0 Å². The van der Waals surface area contributed by atoms with Gasteiger partial charge in [0, 0.05) is 19.0 Å². The van der Waals surface area contributed by atoms with Gasteiger partial charge in [-0.05, 0) is 19.9 Å². The Morgan fingerprint density at radius 2 is 2.29 bits per heavy atom. The van der Waals surface area contributed by atoms with Crippen LogP contribution >= 0.6 is 11.3 Å². The number of hydrogen-bond acceptors (Lipinski definition) is 5. The van der Waals surface area contributed by atoms with Gasteiger partial charge in [-0.2, -0.15) is 17.4 Å². The predicted octanol–water partition coefficient (Wildman–Crippen LogP) is 0.0665. The summed E-state index contributed by atoms with van der Waals surface area (Å²) in [6.45, 7) is 3.00. The highest BCUT2D eigenvalue weighted by molar-refractivity contribution is 7.87. The highest BCUT2D eigenvalue weighted by Crippen LogP contribution is 2.08. The molecule has 1 heterocycles. The minimum atomic E-state index is -3.43. The van der Waals surface area contributed by atoms with Crippen molar-refractivity contribution >= 4 is 21.5 Å². The molecule has 3 N–H and O–H groups in total. The second kappa shape index (κ2) is 6.41. The minimum Gasteiger partial charge on any atom is -0.330 e. The van der Waals surface area contributed by atoms with Gasteiger partial charge < -0.3 is 5.73 Å². The zero-order valence-corrected chi connectivity index (χ0v) is 11.6. The lowest BCUT2D eigenvalue weighted by atomic mass is 10.4. The van der Waals surface area contributed by atoms with Crippen molar-refractivity contribution in [1.82, 2.24) is 14.0 Å². The second-order valence-electron chi connectivity index (χ2n) is 3.65. The van der Waals surface area contributed by atoms with Gasteiger partial charge in [-0.25, -0.2) is 4.98 Å². The Labute approximate surface area is 106 Å². The largest absolute Gasteiger partial charge is 0.330 e. The lowest BCUT2D eigenvalue weighted by Gasteiger charge is -2.16. The van der Waals surface area contributed by atoms with Crippen molar-refractivity contribution in [2.75, 3.05) is 20.1 Å². The van der Waals surface area contributed by atoms with E-state index in [4.69, 9.17) is 5.73 Å². The molecule has 98 valence electrons. The van der Waals surface area contributed by atoms with Crippen LogP contribution in [0.2, 0.25) is 0 Å². The van der Waals surface area contributed by atoms with Gasteiger partial charge in [-0.3, -0.25) is 0 Å². The highest BCUT2D eigenvalue weighted by atomic mass is 32.2. The molecule has 8 heteroatoms. The molecule has 0 bridgehead atoms. The summed E-state index contributed by atoms with van der Waals surface area (Å²) >= 11 is 1.50. The fourth-order valence-electron chi connectivity index (χ4n) is 1.20. The van der Waals surface area contributed by atoms with Crippen molar-refractivity contribution in [3.63, 3.8) is 0 Å². The van der Waals surface area contributed by atoms with Crippen molar-refractivity contribution in [3.05, 3.63) is 16.1 Å². The number of nitrogens with one attached hydrogen (secondary N) is 1. The number of aryl methyl sites for hydroxylation is 1. The Bertz CT molecular complexity index is 444. The van der Waals surface area contributed by atoms with E-state index < -0.39 is 10.2 Å². The molecule has 0 aliphatic carbocycles. The van der Waals surface area contributed by atoms with E-state index in [1.54, 1.807) is 0 Å². The summed E-state index contributed by atoms with van der Waals surface area (Å²) in [5.74, 6) is 0. The third-order valence-corrected chi connectivity index (χ3v) is 4.52. The molecule has 6 nitrogen and oxygen atoms in total. The third kappa shape index (κ3) is 4.68. The van der Waals surface area contributed by atoms with Gasteiger partial charge in [-0.15, -0.1) is 11.3 Å². The predicted molar refractivity (Wildman–Crippen MR) is 68.9 cm³/mol. The molecule has 0 saturated heterocycles. The van der Waals surface area contributed by atoms with Gasteiger partial charge >= 0.3 is 0 Å². The molecule has 0 saturated carbocycles. The molecule has 0 aromatic carbocycles. The van der Waals surface area contributed by atoms with Crippen molar-refractivity contribution in [3.8, 4) is 0 Å². The molecule has 1 aromatic heterocycles. The van der Waals surface area contributed by atoms with Crippen molar-refractivity contribution < 1.29 is 8.42 Å². The van der Waals surface area contributed by atoms with Crippen LogP contribution in [0, 0.1) is 6.92 Å². The van der Waals surface area contributed by atoms with Crippen LogP contribution in [0.1, 0.15) is 17.1 Å². The molecule has 0 unspecified atom stereocenters. The van der Waals surface area contributed by atoms with Crippen LogP contribution in [0.3, 0.4) is 0 Å². The summed E-state index contributed by atoms with van der Waals surface area (Å²) in [4.78, 5) is 4.19. The summed E-state index contributed by atoms with van der Waals surface area (Å²) in [7, 11) is -1.90. The molecular weight excluding hydrogens is 260 g/mol. The fourth-order valence-corrected chi connectivity index (χ4v) is 2.73. The first kappa shape index (κ1) is 14.5. The van der Waals surface area contributed by atoms with E-state index in [2.05, 4.69) is 9.71 Å². The minimum absolute atomic E-state index is 0.222. The highest BCUT2D eigenvalue weighted by Gasteiger charge is 2.16. The van der Waals surface area contributed by atoms with E-state index in [1.165, 1.54) is 22.7 Å². The summed E-state index contributed by atoms with van der Waals surface area (Å²) in [5, 5.41) is 2.77. The number of thiazole rings is 1. The van der Waals surface area contributed by atoms with Crippen LogP contribution in [-0.2, 0) is 16.8 Å². The SMILES string of the molecule is Cc1nc(CNS(=O)(=O)N(C)CCCN)cs1. The lowest BCUT2D eigenvalue weighted by molar-refractivity contribution is 0.452. The molecular formula is C9H18N4O2S2. The maximum absolute atomic E-state index is 11.8.